The van der Waals surface area contributed by atoms with Gasteiger partial charge in [0.1, 0.15) is 13.2 Å². The summed E-state index contributed by atoms with van der Waals surface area (Å²) in [4.78, 5) is 38.2. The van der Waals surface area contributed by atoms with E-state index in [0.717, 1.165) is 96.3 Å². The van der Waals surface area contributed by atoms with Crippen molar-refractivity contribution in [3.8, 4) is 0 Å². The van der Waals surface area contributed by atoms with Crippen molar-refractivity contribution in [3.05, 3.63) is 85.1 Å². The smallest absolute Gasteiger partial charge is 0.306 e. The molecule has 0 amide bonds. The Kier molecular flexibility index (Phi) is 54.3. The molecule has 396 valence electrons. The summed E-state index contributed by atoms with van der Waals surface area (Å²) in [5.74, 6) is -0.969. The topological polar surface area (TPSA) is 78.9 Å². The van der Waals surface area contributed by atoms with Crippen LogP contribution in [-0.2, 0) is 28.6 Å². The minimum atomic E-state index is -0.812. The largest absolute Gasteiger partial charge is 0.462 e. The Morgan fingerprint density at radius 2 is 0.623 bits per heavy atom. The molecule has 1 atom stereocenters. The lowest BCUT2D eigenvalue weighted by Gasteiger charge is -2.18. The Balaban J connectivity index is 4.48. The molecule has 0 rings (SSSR count). The van der Waals surface area contributed by atoms with Gasteiger partial charge in [-0.05, 0) is 83.5 Å². The molecule has 0 aliphatic rings. The van der Waals surface area contributed by atoms with Crippen molar-refractivity contribution in [2.75, 3.05) is 13.2 Å². The van der Waals surface area contributed by atoms with E-state index in [1.165, 1.54) is 135 Å². The van der Waals surface area contributed by atoms with Gasteiger partial charge in [0, 0.05) is 19.3 Å². The number of unbranched alkanes of at least 4 members (excludes halogenated alkanes) is 28. The number of hydrogen-bond donors (Lipinski definition) is 0. The Labute approximate surface area is 426 Å². The van der Waals surface area contributed by atoms with E-state index >= 15 is 0 Å². The SMILES string of the molecule is CC/C=C\C/C=C\C/C=C\C/C=C\C/C=C\CCCC(=O)OC(COC(=O)CCCCCCC/C=C\C=C/CCCCCCCCC)COC(=O)CCCCCCCCCCCCCCCCCC. The Morgan fingerprint density at radius 1 is 0.319 bits per heavy atom. The molecule has 0 spiro atoms. The first kappa shape index (κ1) is 65.6. The third-order valence-corrected chi connectivity index (χ3v) is 12.4. The number of hydrogen-bond acceptors (Lipinski definition) is 6. The molecular formula is C63H108O6. The van der Waals surface area contributed by atoms with Crippen molar-refractivity contribution in [1.29, 1.82) is 0 Å². The number of allylic oxidation sites excluding steroid dienone is 14. The summed E-state index contributed by atoms with van der Waals surface area (Å²) in [6.45, 7) is 6.48. The second-order valence-electron chi connectivity index (χ2n) is 19.2. The molecule has 0 aromatic heterocycles. The summed E-state index contributed by atoms with van der Waals surface area (Å²) in [5.41, 5.74) is 0. The molecule has 0 N–H and O–H groups in total. The molecule has 0 saturated carbocycles. The monoisotopic (exact) mass is 961 g/mol. The van der Waals surface area contributed by atoms with Crippen LogP contribution in [0.25, 0.3) is 0 Å². The minimum Gasteiger partial charge on any atom is -0.462 e. The Morgan fingerprint density at radius 3 is 1.00 bits per heavy atom. The molecule has 6 nitrogen and oxygen atoms in total. The summed E-state index contributed by atoms with van der Waals surface area (Å²) < 4.78 is 16.8. The molecule has 0 radical (unpaired) electrons. The van der Waals surface area contributed by atoms with Crippen LogP contribution < -0.4 is 0 Å². The fourth-order valence-electron chi connectivity index (χ4n) is 8.06. The molecule has 0 bridgehead atoms. The van der Waals surface area contributed by atoms with Gasteiger partial charge in [0.2, 0.25) is 0 Å². The van der Waals surface area contributed by atoms with Crippen molar-refractivity contribution in [3.63, 3.8) is 0 Å². The molecule has 0 fully saturated rings. The van der Waals surface area contributed by atoms with Gasteiger partial charge < -0.3 is 14.2 Å². The van der Waals surface area contributed by atoms with Crippen LogP contribution in [0, 0.1) is 0 Å². The van der Waals surface area contributed by atoms with E-state index in [2.05, 4.69) is 106 Å². The normalized spacial score (nSPS) is 12.7. The lowest BCUT2D eigenvalue weighted by molar-refractivity contribution is -0.167. The molecule has 1 unspecified atom stereocenters. The number of esters is 3. The van der Waals surface area contributed by atoms with Crippen LogP contribution in [0.2, 0.25) is 0 Å². The third-order valence-electron chi connectivity index (χ3n) is 12.4. The van der Waals surface area contributed by atoms with E-state index in [1.807, 2.05) is 0 Å². The lowest BCUT2D eigenvalue weighted by atomic mass is 10.0. The summed E-state index contributed by atoms with van der Waals surface area (Å²) in [6, 6.07) is 0. The van der Waals surface area contributed by atoms with Crippen LogP contribution >= 0.6 is 0 Å². The maximum atomic E-state index is 12.8. The van der Waals surface area contributed by atoms with Crippen LogP contribution in [0.15, 0.2) is 85.1 Å². The summed E-state index contributed by atoms with van der Waals surface area (Å²) in [5, 5.41) is 0. The van der Waals surface area contributed by atoms with Crippen LogP contribution in [0.1, 0.15) is 278 Å². The number of rotatable bonds is 52. The highest BCUT2D eigenvalue weighted by atomic mass is 16.6. The first-order chi connectivity index (χ1) is 34.0. The summed E-state index contributed by atoms with van der Waals surface area (Å²) in [6.07, 6.45) is 74.4. The minimum absolute atomic E-state index is 0.102. The second kappa shape index (κ2) is 57.2. The van der Waals surface area contributed by atoms with Crippen molar-refractivity contribution in [1.82, 2.24) is 0 Å². The molecule has 6 heteroatoms. The molecule has 69 heavy (non-hydrogen) atoms. The zero-order valence-corrected chi connectivity index (χ0v) is 45.3. The van der Waals surface area contributed by atoms with E-state index in [9.17, 15) is 14.4 Å². The van der Waals surface area contributed by atoms with Gasteiger partial charge in [0.15, 0.2) is 6.10 Å². The van der Waals surface area contributed by atoms with Gasteiger partial charge >= 0.3 is 17.9 Å². The van der Waals surface area contributed by atoms with E-state index < -0.39 is 6.10 Å². The first-order valence-electron chi connectivity index (χ1n) is 29.1. The van der Waals surface area contributed by atoms with Crippen LogP contribution in [0.5, 0.6) is 0 Å². The highest BCUT2D eigenvalue weighted by Crippen LogP contribution is 2.15. The molecule has 0 aromatic rings. The average molecular weight is 962 g/mol. The molecule has 0 heterocycles. The quantitative estimate of drug-likeness (QED) is 0.0199. The molecule has 0 aromatic carbocycles. The lowest BCUT2D eigenvalue weighted by Crippen LogP contribution is -2.30. The van der Waals surface area contributed by atoms with E-state index in [1.54, 1.807) is 0 Å². The Bertz CT molecular complexity index is 1330. The molecule has 0 aliphatic carbocycles. The fourth-order valence-corrected chi connectivity index (χ4v) is 8.06. The van der Waals surface area contributed by atoms with Crippen LogP contribution in [-0.4, -0.2) is 37.2 Å². The number of carbonyl (C=O) groups excluding carboxylic acids is 3. The van der Waals surface area contributed by atoms with Gasteiger partial charge in [-0.25, -0.2) is 0 Å². The van der Waals surface area contributed by atoms with E-state index in [4.69, 9.17) is 14.2 Å². The number of ether oxygens (including phenoxy) is 3. The maximum Gasteiger partial charge on any atom is 0.306 e. The number of carbonyl (C=O) groups is 3. The van der Waals surface area contributed by atoms with E-state index in [-0.39, 0.29) is 37.5 Å². The Hall–Kier alpha value is -3.41. The molecule has 0 saturated heterocycles. The molecule has 0 aliphatic heterocycles. The maximum absolute atomic E-state index is 12.8. The zero-order valence-electron chi connectivity index (χ0n) is 45.3. The van der Waals surface area contributed by atoms with Crippen LogP contribution in [0.4, 0.5) is 0 Å². The highest BCUT2D eigenvalue weighted by molar-refractivity contribution is 5.71. The first-order valence-corrected chi connectivity index (χ1v) is 29.1. The average Bonchev–Trinajstić information content (AvgIpc) is 3.35. The van der Waals surface area contributed by atoms with Crippen LogP contribution in [0.3, 0.4) is 0 Å². The van der Waals surface area contributed by atoms with Gasteiger partial charge in [-0.2, -0.15) is 0 Å². The van der Waals surface area contributed by atoms with E-state index in [0.29, 0.717) is 19.3 Å². The summed E-state index contributed by atoms with van der Waals surface area (Å²) >= 11 is 0. The van der Waals surface area contributed by atoms with Gasteiger partial charge in [-0.15, -0.1) is 0 Å². The highest BCUT2D eigenvalue weighted by Gasteiger charge is 2.19. The van der Waals surface area contributed by atoms with Gasteiger partial charge in [-0.1, -0.05) is 260 Å². The van der Waals surface area contributed by atoms with Crippen molar-refractivity contribution >= 4 is 17.9 Å². The van der Waals surface area contributed by atoms with Gasteiger partial charge in [-0.3, -0.25) is 14.4 Å². The predicted octanol–water partition coefficient (Wildman–Crippen LogP) is 19.5. The predicted molar refractivity (Wildman–Crippen MR) is 297 cm³/mol. The van der Waals surface area contributed by atoms with Gasteiger partial charge in [0.05, 0.1) is 0 Å². The second-order valence-corrected chi connectivity index (χ2v) is 19.2. The fraction of sp³-hybridized carbons (Fsp3) is 0.730. The van der Waals surface area contributed by atoms with Crippen molar-refractivity contribution < 1.29 is 28.6 Å². The third kappa shape index (κ3) is 55.4. The zero-order chi connectivity index (χ0) is 50.0. The van der Waals surface area contributed by atoms with Crippen molar-refractivity contribution in [2.24, 2.45) is 0 Å². The van der Waals surface area contributed by atoms with Gasteiger partial charge in [0.25, 0.3) is 0 Å². The standard InChI is InChI=1S/C63H108O6/c1-4-7-10-13-16-19-22-25-28-31-33-35-38-41-44-47-50-53-56-62(65)68-59-60(58-67-61(64)55-52-49-46-43-40-37-34-30-27-24-21-18-15-12-9-6-3)69-63(66)57-54-51-48-45-42-39-36-32-29-26-23-20-17-14-11-8-5-2/h8,11,17,20,26,28-29,31,33,35-36,39,45,48,60H,4-7,9-10,12-16,18-19,21-25,27,30,32,34,37-38,40-44,46-47,49-59H2,1-3H3/b11-8-,20-17-,29-26-,31-28-,35-33-,39-36-,48-45-. The molecular weight excluding hydrogens is 853 g/mol. The summed E-state index contributed by atoms with van der Waals surface area (Å²) in [7, 11) is 0. The van der Waals surface area contributed by atoms with Crippen molar-refractivity contribution in [2.45, 2.75) is 284 Å².